The van der Waals surface area contributed by atoms with Crippen LogP contribution >= 0.6 is 6.72 Å². The van der Waals surface area contributed by atoms with Crippen LogP contribution in [0.3, 0.4) is 0 Å². The molecule has 9 heteroatoms. The lowest BCUT2D eigenvalue weighted by Gasteiger charge is -2.37. The molecule has 0 aromatic heterocycles. The summed E-state index contributed by atoms with van der Waals surface area (Å²) in [5, 5.41) is 0. The Kier molecular flexibility index (Phi) is 8.90. The molecule has 7 atom stereocenters. The largest absolute Gasteiger partial charge is 0.780 e. The lowest BCUT2D eigenvalue weighted by molar-refractivity contribution is -0.220. The van der Waals surface area contributed by atoms with Crippen LogP contribution in [0, 0.1) is 0 Å². The lowest BCUT2D eigenvalue weighted by Crippen LogP contribution is -2.43. The zero-order valence-electron chi connectivity index (χ0n) is 18.1. The van der Waals surface area contributed by atoms with Gasteiger partial charge in [0.15, 0.2) is 0 Å². The van der Waals surface area contributed by atoms with Crippen LogP contribution in [0.4, 0.5) is 0 Å². The number of ether oxygens (including phenoxy) is 4. The third kappa shape index (κ3) is 7.25. The average molecular weight is 440 g/mol. The minimum absolute atomic E-state index is 0.0383. The highest BCUT2D eigenvalue weighted by atomic mass is 32.5. The molecule has 0 aromatic rings. The van der Waals surface area contributed by atoms with E-state index >= 15 is 0 Å². The monoisotopic (exact) mass is 439 g/mol. The van der Waals surface area contributed by atoms with Crippen LogP contribution in [0.1, 0.15) is 61.3 Å². The fourth-order valence-electron chi connectivity index (χ4n) is 3.66. The van der Waals surface area contributed by atoms with E-state index in [1.807, 2.05) is 48.5 Å². The molecule has 2 saturated heterocycles. The summed E-state index contributed by atoms with van der Waals surface area (Å²) in [6.07, 6.45) is 0.624. The Morgan fingerprint density at radius 3 is 2.43 bits per heavy atom. The van der Waals surface area contributed by atoms with Gasteiger partial charge in [0.2, 0.25) is 0 Å². The van der Waals surface area contributed by atoms with E-state index in [9.17, 15) is 4.89 Å². The molecule has 2 heterocycles. The molecule has 2 rings (SSSR count). The van der Waals surface area contributed by atoms with E-state index in [0.29, 0.717) is 13.0 Å². The molecule has 0 bridgehead atoms. The van der Waals surface area contributed by atoms with Gasteiger partial charge in [-0.1, -0.05) is 11.8 Å². The highest BCUT2D eigenvalue weighted by molar-refractivity contribution is 8.06. The third-order valence-corrected chi connectivity index (χ3v) is 6.44. The summed E-state index contributed by atoms with van der Waals surface area (Å²) in [6.45, 7) is 10.4. The number of hydrogen-bond donors (Lipinski definition) is 0. The van der Waals surface area contributed by atoms with Gasteiger partial charge >= 0.3 is 0 Å². The first-order chi connectivity index (χ1) is 12.9. The zero-order chi connectivity index (χ0) is 21.1. The molecule has 0 amide bonds. The van der Waals surface area contributed by atoms with Crippen molar-refractivity contribution in [1.82, 2.24) is 0 Å². The maximum Gasteiger partial charge on any atom is 0.116 e. The zero-order valence-corrected chi connectivity index (χ0v) is 19.8. The second-order valence-corrected chi connectivity index (χ2v) is 11.3. The summed E-state index contributed by atoms with van der Waals surface area (Å²) in [4.78, 5) is 12.8. The molecule has 166 valence electrons. The van der Waals surface area contributed by atoms with Gasteiger partial charge in [0.05, 0.1) is 49.8 Å². The summed E-state index contributed by atoms with van der Waals surface area (Å²) in [6, 6.07) is 0. The summed E-state index contributed by atoms with van der Waals surface area (Å²) < 4.78 is 34.7. The second-order valence-electron chi connectivity index (χ2n) is 8.62. The summed E-state index contributed by atoms with van der Waals surface area (Å²) in [5.74, 6) is 0. The van der Waals surface area contributed by atoms with Gasteiger partial charge in [-0.25, -0.2) is 0 Å². The van der Waals surface area contributed by atoms with Crippen LogP contribution in [0.5, 0.6) is 0 Å². The molecular formula is C19H36O7PS-. The van der Waals surface area contributed by atoms with E-state index in [1.165, 1.54) is 0 Å². The first-order valence-corrected chi connectivity index (χ1v) is 12.7. The average Bonchev–Trinajstić information content (AvgIpc) is 3.02. The molecule has 0 spiro atoms. The molecule has 0 saturated carbocycles. The van der Waals surface area contributed by atoms with E-state index in [1.54, 1.807) is 0 Å². The Balaban J connectivity index is 1.93. The molecule has 2 aliphatic rings. The van der Waals surface area contributed by atoms with Gasteiger partial charge in [-0.3, -0.25) is 0 Å². The maximum absolute atomic E-state index is 12.8. The quantitative estimate of drug-likeness (QED) is 0.481. The molecule has 0 aromatic carbocycles. The summed E-state index contributed by atoms with van der Waals surface area (Å²) in [7, 11) is 0. The third-order valence-electron chi connectivity index (χ3n) is 4.89. The Bertz CT molecular complexity index is 546. The maximum atomic E-state index is 12.8. The molecule has 28 heavy (non-hydrogen) atoms. The van der Waals surface area contributed by atoms with Crippen LogP contribution in [-0.4, -0.2) is 61.5 Å². The van der Waals surface area contributed by atoms with Crippen molar-refractivity contribution in [2.75, 3.05) is 13.2 Å². The molecule has 0 N–H and O–H groups in total. The van der Waals surface area contributed by atoms with Gasteiger partial charge in [0.1, 0.15) is 18.4 Å². The first-order valence-electron chi connectivity index (χ1n) is 10.1. The highest BCUT2D eigenvalue weighted by Crippen LogP contribution is 2.47. The topological polar surface area (TPSA) is 78.4 Å². The number of hydrogen-bond acceptors (Lipinski definition) is 8. The molecule has 0 radical (unpaired) electrons. The molecule has 2 unspecified atom stereocenters. The van der Waals surface area contributed by atoms with Crippen molar-refractivity contribution in [3.05, 3.63) is 0 Å². The van der Waals surface area contributed by atoms with Crippen molar-refractivity contribution < 1.29 is 32.9 Å². The van der Waals surface area contributed by atoms with Crippen molar-refractivity contribution in [3.63, 3.8) is 0 Å². The van der Waals surface area contributed by atoms with Crippen LogP contribution in [0.15, 0.2) is 0 Å². The van der Waals surface area contributed by atoms with E-state index in [-0.39, 0.29) is 43.2 Å². The smallest absolute Gasteiger partial charge is 0.116 e. The standard InChI is InChI=1S/C19H37O7PS/c1-12(2)21-11-19(7)18(9-15(6)25-19)26-27(20,28)22-10-17-16(23-13(3)4)8-14(5)24-17/h12-18H,8-11H2,1-7H3,(H,20,28)/p-1/t14-,15-,16?,17+,18+,19+,27?/m0/s1. The fourth-order valence-corrected chi connectivity index (χ4v) is 5.16. The van der Waals surface area contributed by atoms with Gasteiger partial charge < -0.3 is 32.9 Å². The first kappa shape index (κ1) is 24.6. The van der Waals surface area contributed by atoms with Gasteiger partial charge in [-0.2, -0.15) is 0 Å². The van der Waals surface area contributed by atoms with Crippen LogP contribution in [0.2, 0.25) is 0 Å². The van der Waals surface area contributed by atoms with Gasteiger partial charge in [0.25, 0.3) is 0 Å². The van der Waals surface area contributed by atoms with Gasteiger partial charge in [0, 0.05) is 12.8 Å². The van der Waals surface area contributed by atoms with E-state index in [0.717, 1.165) is 6.42 Å². The minimum atomic E-state index is -3.72. The van der Waals surface area contributed by atoms with Crippen LogP contribution in [-0.2, 0) is 39.8 Å². The van der Waals surface area contributed by atoms with Gasteiger partial charge in [-0.15, -0.1) is 0 Å². The highest BCUT2D eigenvalue weighted by Gasteiger charge is 2.46. The Morgan fingerprint density at radius 1 is 1.14 bits per heavy atom. The van der Waals surface area contributed by atoms with Crippen LogP contribution < -0.4 is 4.89 Å². The Hall–Kier alpha value is 0.370. The van der Waals surface area contributed by atoms with Crippen LogP contribution in [0.25, 0.3) is 0 Å². The predicted molar refractivity (Wildman–Crippen MR) is 109 cm³/mol. The van der Waals surface area contributed by atoms with Gasteiger partial charge in [-0.05, 0) is 48.5 Å². The van der Waals surface area contributed by atoms with E-state index < -0.39 is 18.4 Å². The predicted octanol–water partition coefficient (Wildman–Crippen LogP) is 2.94. The van der Waals surface area contributed by atoms with E-state index in [2.05, 4.69) is 0 Å². The summed E-state index contributed by atoms with van der Waals surface area (Å²) in [5.41, 5.74) is -0.719. The van der Waals surface area contributed by atoms with Crippen molar-refractivity contribution in [2.24, 2.45) is 0 Å². The molecule has 2 fully saturated rings. The normalized spacial score (nSPS) is 38.4. The minimum Gasteiger partial charge on any atom is -0.780 e. The molecule has 2 aliphatic heterocycles. The van der Waals surface area contributed by atoms with Crippen molar-refractivity contribution >= 4 is 18.5 Å². The van der Waals surface area contributed by atoms with E-state index in [4.69, 9.17) is 39.8 Å². The molecule has 7 nitrogen and oxygen atoms in total. The van der Waals surface area contributed by atoms with Crippen molar-refractivity contribution in [2.45, 2.75) is 110 Å². The fraction of sp³-hybridized carbons (Fsp3) is 1.00. The lowest BCUT2D eigenvalue weighted by atomic mass is 10.00. The molecule has 0 aliphatic carbocycles. The summed E-state index contributed by atoms with van der Waals surface area (Å²) >= 11 is 5.17. The number of rotatable bonds is 10. The van der Waals surface area contributed by atoms with Crippen molar-refractivity contribution in [3.8, 4) is 0 Å². The Morgan fingerprint density at radius 2 is 1.82 bits per heavy atom. The second kappa shape index (κ2) is 10.1. The SMILES string of the molecule is CC(C)OC[C@@]1(C)O[C@@H](C)C[C@H]1OP([O-])(=S)OC[C@H]1O[C@@H](C)CC1OC(C)C. The Labute approximate surface area is 174 Å². The van der Waals surface area contributed by atoms with Crippen molar-refractivity contribution in [1.29, 1.82) is 0 Å². The molecular weight excluding hydrogens is 403 g/mol.